The second kappa shape index (κ2) is 11.6. The third-order valence-electron chi connectivity index (χ3n) is 5.07. The van der Waals surface area contributed by atoms with Crippen LogP contribution in [0.15, 0.2) is 47.5 Å². The minimum Gasteiger partial charge on any atom is -0.504 e. The van der Waals surface area contributed by atoms with Gasteiger partial charge in [0.25, 0.3) is 0 Å². The van der Waals surface area contributed by atoms with Crippen LogP contribution in [0.25, 0.3) is 12.2 Å². The van der Waals surface area contributed by atoms with Crippen LogP contribution in [0.4, 0.5) is 0 Å². The molecule has 0 atom stereocenters. The fourth-order valence-corrected chi connectivity index (χ4v) is 3.52. The quantitative estimate of drug-likeness (QED) is 0.585. The predicted molar refractivity (Wildman–Crippen MR) is 129 cm³/mol. The van der Waals surface area contributed by atoms with Gasteiger partial charge >= 0.3 is 0 Å². The number of hydrogen-bond acceptors (Lipinski definition) is 6. The van der Waals surface area contributed by atoms with Crippen molar-refractivity contribution in [2.45, 2.75) is 20.8 Å². The summed E-state index contributed by atoms with van der Waals surface area (Å²) in [6.45, 7) is 8.57. The normalized spacial score (nSPS) is 16.8. The summed E-state index contributed by atoms with van der Waals surface area (Å²) >= 11 is 0. The van der Waals surface area contributed by atoms with Crippen LogP contribution in [0, 0.1) is 0 Å². The van der Waals surface area contributed by atoms with Gasteiger partial charge in [-0.2, -0.15) is 0 Å². The number of hydrogen-bond donors (Lipinski definition) is 2. The summed E-state index contributed by atoms with van der Waals surface area (Å²) in [7, 11) is 0. The summed E-state index contributed by atoms with van der Waals surface area (Å²) in [5.41, 5.74) is 2.95. The third kappa shape index (κ3) is 6.05. The number of benzene rings is 2. The van der Waals surface area contributed by atoms with Gasteiger partial charge in [0.2, 0.25) is 0 Å². The Morgan fingerprint density at radius 3 is 1.66 bits per heavy atom. The average molecular weight is 460 g/mol. The Bertz CT molecular complexity index is 938. The molecule has 1 fully saturated rings. The highest BCUT2D eigenvalue weighted by Crippen LogP contribution is 2.31. The molecule has 1 heterocycles. The molecule has 2 N–H and O–H groups in total. The fourth-order valence-electron chi connectivity index (χ4n) is 3.52. The van der Waals surface area contributed by atoms with Gasteiger partial charge in [-0.25, -0.2) is 0 Å². The van der Waals surface area contributed by atoms with Crippen molar-refractivity contribution in [1.29, 1.82) is 0 Å². The molecule has 1 saturated heterocycles. The van der Waals surface area contributed by atoms with Crippen molar-refractivity contribution in [3.8, 4) is 23.0 Å². The molecule has 7 heteroatoms. The Labute approximate surface area is 195 Å². The minimum absolute atomic E-state index is 0. The number of likely N-dealkylation sites (tertiary alicyclic amines) is 1. The van der Waals surface area contributed by atoms with Crippen molar-refractivity contribution in [2.24, 2.45) is 0 Å². The van der Waals surface area contributed by atoms with Crippen LogP contribution in [0.2, 0.25) is 0 Å². The van der Waals surface area contributed by atoms with E-state index in [4.69, 9.17) is 9.47 Å². The van der Waals surface area contributed by atoms with E-state index in [1.807, 2.05) is 26.0 Å². The zero-order valence-corrected chi connectivity index (χ0v) is 19.4. The van der Waals surface area contributed by atoms with Crippen LogP contribution in [-0.4, -0.2) is 53.7 Å². The van der Waals surface area contributed by atoms with E-state index in [1.165, 1.54) is 0 Å². The number of carbonyl (C=O) groups is 1. The number of rotatable bonds is 7. The Kier molecular flexibility index (Phi) is 9.17. The molecule has 3 rings (SSSR count). The summed E-state index contributed by atoms with van der Waals surface area (Å²) in [5, 5.41) is 19.9. The van der Waals surface area contributed by atoms with Crippen LogP contribution in [-0.2, 0) is 4.79 Å². The first-order chi connectivity index (χ1) is 14.9. The van der Waals surface area contributed by atoms with E-state index in [0.717, 1.165) is 17.7 Å². The maximum Gasteiger partial charge on any atom is 0.187 e. The number of aromatic hydroxyl groups is 2. The Morgan fingerprint density at radius 1 is 0.844 bits per heavy atom. The van der Waals surface area contributed by atoms with Crippen molar-refractivity contribution in [3.05, 3.63) is 58.7 Å². The zero-order valence-electron chi connectivity index (χ0n) is 18.6. The number of ether oxygens (including phenoxy) is 2. The molecular formula is C25H30ClNO5. The highest BCUT2D eigenvalue weighted by Gasteiger charge is 2.25. The van der Waals surface area contributed by atoms with Crippen LogP contribution >= 0.6 is 12.4 Å². The number of halogens is 1. The molecule has 1 aliphatic heterocycles. The number of piperidine rings is 1. The summed E-state index contributed by atoms with van der Waals surface area (Å²) in [6, 6.07) is 10.2. The largest absolute Gasteiger partial charge is 0.504 e. The summed E-state index contributed by atoms with van der Waals surface area (Å²) in [6.07, 6.45) is 3.70. The predicted octanol–water partition coefficient (Wildman–Crippen LogP) is 4.69. The van der Waals surface area contributed by atoms with Gasteiger partial charge in [0.1, 0.15) is 0 Å². The zero-order chi connectivity index (χ0) is 22.4. The van der Waals surface area contributed by atoms with Crippen LogP contribution in [0.5, 0.6) is 23.0 Å². The molecule has 1 aliphatic rings. The minimum atomic E-state index is -0.0123. The maximum absolute atomic E-state index is 13.2. The number of phenolic OH excluding ortho intramolecular Hbond substituents is 2. The van der Waals surface area contributed by atoms with E-state index in [2.05, 4.69) is 11.8 Å². The van der Waals surface area contributed by atoms with E-state index < -0.39 is 0 Å². The number of Topliss-reactive ketones (excluding diaryl/α,β-unsaturated/α-hetero) is 1. The number of nitrogens with zero attached hydrogens (tertiary/aromatic N) is 1. The molecule has 2 aromatic carbocycles. The number of carbonyl (C=O) groups excluding carboxylic acids is 1. The van der Waals surface area contributed by atoms with Crippen LogP contribution in [0.3, 0.4) is 0 Å². The number of likely N-dealkylation sites (N-methyl/N-ethyl adjacent to an activating group) is 1. The van der Waals surface area contributed by atoms with E-state index in [9.17, 15) is 15.0 Å². The highest BCUT2D eigenvalue weighted by molar-refractivity contribution is 6.14. The van der Waals surface area contributed by atoms with E-state index in [-0.39, 0.29) is 29.7 Å². The van der Waals surface area contributed by atoms with Crippen molar-refractivity contribution in [1.82, 2.24) is 4.90 Å². The topological polar surface area (TPSA) is 79.2 Å². The lowest BCUT2D eigenvalue weighted by atomic mass is 9.94. The van der Waals surface area contributed by atoms with Gasteiger partial charge in [-0.05, 0) is 67.9 Å². The molecular weight excluding hydrogens is 430 g/mol. The smallest absolute Gasteiger partial charge is 0.187 e. The van der Waals surface area contributed by atoms with Crippen molar-refractivity contribution < 1.29 is 24.5 Å². The van der Waals surface area contributed by atoms with Crippen LogP contribution in [0.1, 0.15) is 31.9 Å². The molecule has 172 valence electrons. The number of phenols is 2. The standard InChI is InChI=1S/C25H29NO5.ClH/c1-4-26-15-19(11-17-7-9-21(27)23(13-17)30-5-2)25(29)20(16-26)12-18-8-10-22(28)24(14-18)31-6-3;/h7-14,27-28H,4-6,15-16H2,1-3H3;1H/b19-11-,20-12+;. The van der Waals surface area contributed by atoms with E-state index >= 15 is 0 Å². The molecule has 0 unspecified atom stereocenters. The molecule has 0 aromatic heterocycles. The van der Waals surface area contributed by atoms with Gasteiger partial charge in [0.15, 0.2) is 28.8 Å². The molecule has 2 aromatic rings. The monoisotopic (exact) mass is 459 g/mol. The summed E-state index contributed by atoms with van der Waals surface area (Å²) in [5.74, 6) is 0.938. The maximum atomic E-state index is 13.2. The van der Waals surface area contributed by atoms with E-state index in [0.29, 0.717) is 48.9 Å². The molecule has 0 bridgehead atoms. The molecule has 0 amide bonds. The fraction of sp³-hybridized carbons (Fsp3) is 0.320. The summed E-state index contributed by atoms with van der Waals surface area (Å²) < 4.78 is 10.9. The lowest BCUT2D eigenvalue weighted by Crippen LogP contribution is -2.37. The average Bonchev–Trinajstić information content (AvgIpc) is 2.76. The second-order valence-electron chi connectivity index (χ2n) is 7.29. The molecule has 0 saturated carbocycles. The molecule has 0 spiro atoms. The van der Waals surface area contributed by atoms with Crippen molar-refractivity contribution in [3.63, 3.8) is 0 Å². The Balaban J connectivity index is 0.00000363. The van der Waals surface area contributed by atoms with Gasteiger partial charge in [0, 0.05) is 24.2 Å². The molecule has 32 heavy (non-hydrogen) atoms. The Hall–Kier alpha value is -2.96. The van der Waals surface area contributed by atoms with Crippen molar-refractivity contribution >= 4 is 30.3 Å². The van der Waals surface area contributed by atoms with Crippen molar-refractivity contribution in [2.75, 3.05) is 32.8 Å². The van der Waals surface area contributed by atoms with Crippen LogP contribution < -0.4 is 9.47 Å². The molecule has 0 radical (unpaired) electrons. The number of ketones is 1. The van der Waals surface area contributed by atoms with Gasteiger partial charge in [-0.3, -0.25) is 9.69 Å². The SMILES string of the molecule is CCOc1cc(/C=C2/CN(CC)C/C(=C\c3ccc(O)c(OCC)c3)C2=O)ccc1O.Cl. The Morgan fingerprint density at radius 2 is 1.28 bits per heavy atom. The van der Waals surface area contributed by atoms with Gasteiger partial charge < -0.3 is 19.7 Å². The first-order valence-corrected chi connectivity index (χ1v) is 10.5. The third-order valence-corrected chi connectivity index (χ3v) is 5.07. The van der Waals surface area contributed by atoms with Gasteiger partial charge in [0.05, 0.1) is 13.2 Å². The summed E-state index contributed by atoms with van der Waals surface area (Å²) in [4.78, 5) is 15.4. The lowest BCUT2D eigenvalue weighted by Gasteiger charge is -2.28. The lowest BCUT2D eigenvalue weighted by molar-refractivity contribution is -0.113. The van der Waals surface area contributed by atoms with Gasteiger partial charge in [-0.1, -0.05) is 19.1 Å². The second-order valence-corrected chi connectivity index (χ2v) is 7.29. The van der Waals surface area contributed by atoms with E-state index in [1.54, 1.807) is 36.4 Å². The highest BCUT2D eigenvalue weighted by atomic mass is 35.5. The first-order valence-electron chi connectivity index (χ1n) is 10.5. The molecule has 6 nitrogen and oxygen atoms in total. The molecule has 0 aliphatic carbocycles. The first kappa shape index (κ1) is 25.3. The van der Waals surface area contributed by atoms with Gasteiger partial charge in [-0.15, -0.1) is 12.4 Å².